The van der Waals surface area contributed by atoms with Crippen LogP contribution in [0.2, 0.25) is 0 Å². The van der Waals surface area contributed by atoms with Crippen LogP contribution in [0.15, 0.2) is 42.5 Å². The van der Waals surface area contributed by atoms with Crippen LogP contribution in [-0.4, -0.2) is 15.7 Å². The molecule has 2 nitrogen and oxygen atoms in total. The molecule has 110 valence electrons. The smallest absolute Gasteiger partial charge is 0.181 e. The Bertz CT molecular complexity index is 678. The van der Waals surface area contributed by atoms with Gasteiger partial charge in [-0.1, -0.05) is 35.9 Å². The Morgan fingerprint density at radius 3 is 2.33 bits per heavy atom. The van der Waals surface area contributed by atoms with E-state index in [9.17, 15) is 17.8 Å². The van der Waals surface area contributed by atoms with Crippen LogP contribution in [0.5, 0.6) is 0 Å². The van der Waals surface area contributed by atoms with E-state index in [4.69, 9.17) is 0 Å². The third-order valence-corrected chi connectivity index (χ3v) is 4.18. The van der Waals surface area contributed by atoms with Gasteiger partial charge in [0.25, 0.3) is 0 Å². The molecule has 0 spiro atoms. The molecule has 0 saturated carbocycles. The Kier molecular flexibility index (Phi) is 4.96. The summed E-state index contributed by atoms with van der Waals surface area (Å²) in [5.41, 5.74) is 1.24. The van der Waals surface area contributed by atoms with Crippen LogP contribution >= 0.6 is 0 Å². The lowest BCUT2D eigenvalue weighted by molar-refractivity contribution is 0.101. The molecule has 0 saturated heterocycles. The lowest BCUT2D eigenvalue weighted by atomic mass is 10.1. The lowest BCUT2D eigenvalue weighted by Gasteiger charge is -2.05. The molecule has 0 radical (unpaired) electrons. The zero-order valence-corrected chi connectivity index (χ0v) is 12.3. The number of hydrogen-bond donors (Lipinski definition) is 0. The Morgan fingerprint density at radius 2 is 1.71 bits per heavy atom. The highest BCUT2D eigenvalue weighted by Gasteiger charge is 2.19. The summed E-state index contributed by atoms with van der Waals surface area (Å²) in [7, 11) is -1.51. The summed E-state index contributed by atoms with van der Waals surface area (Å²) in [4.78, 5) is 11.9. The number of hydrogen-bond acceptors (Lipinski definition) is 2. The van der Waals surface area contributed by atoms with Gasteiger partial charge < -0.3 is 0 Å². The topological polar surface area (TPSA) is 34.1 Å². The molecular formula is C16H14F2O2S. The highest BCUT2D eigenvalue weighted by Crippen LogP contribution is 2.14. The molecule has 1 unspecified atom stereocenters. The normalized spacial score (nSPS) is 12.1. The third kappa shape index (κ3) is 4.04. The van der Waals surface area contributed by atoms with Crippen molar-refractivity contribution in [3.63, 3.8) is 0 Å². The number of carbonyl (C=O) groups is 1. The molecule has 0 aliphatic heterocycles. The number of ketones is 1. The summed E-state index contributed by atoms with van der Waals surface area (Å²) in [5, 5.41) is 0. The Hall–Kier alpha value is -1.88. The first-order valence-electron chi connectivity index (χ1n) is 6.35. The van der Waals surface area contributed by atoms with Crippen molar-refractivity contribution in [1.82, 2.24) is 0 Å². The van der Waals surface area contributed by atoms with E-state index in [0.717, 1.165) is 23.3 Å². The number of benzene rings is 2. The molecule has 0 fully saturated rings. The highest BCUT2D eigenvalue weighted by molar-refractivity contribution is 7.85. The van der Waals surface area contributed by atoms with Gasteiger partial charge in [0, 0.05) is 16.6 Å². The lowest BCUT2D eigenvalue weighted by Crippen LogP contribution is -2.15. The van der Waals surface area contributed by atoms with Gasteiger partial charge in [0.15, 0.2) is 5.78 Å². The molecule has 0 bridgehead atoms. The number of rotatable bonds is 5. The van der Waals surface area contributed by atoms with E-state index in [1.807, 2.05) is 25.1 Å². The van der Waals surface area contributed by atoms with Gasteiger partial charge in [-0.15, -0.1) is 0 Å². The quantitative estimate of drug-likeness (QED) is 0.793. The fraction of sp³-hybridized carbons (Fsp3) is 0.188. The van der Waals surface area contributed by atoms with Crippen LogP contribution in [0, 0.1) is 18.6 Å². The van der Waals surface area contributed by atoms with Gasteiger partial charge in [0.1, 0.15) is 11.6 Å². The van der Waals surface area contributed by atoms with Crippen molar-refractivity contribution in [2.45, 2.75) is 12.7 Å². The summed E-state index contributed by atoms with van der Waals surface area (Å²) < 4.78 is 38.9. The number of halogens is 2. The number of carbonyl (C=O) groups excluding carboxylic acids is 1. The van der Waals surface area contributed by atoms with Gasteiger partial charge in [-0.05, 0) is 24.6 Å². The molecule has 5 heteroatoms. The van der Waals surface area contributed by atoms with Crippen molar-refractivity contribution < 1.29 is 17.8 Å². The standard InChI is InChI=1S/C16H14F2O2S/c1-11-4-2-5-12(8-11)9-21(20)10-15(19)16-13(17)6-3-7-14(16)18/h2-8H,9-10H2,1H3. The minimum absolute atomic E-state index is 0.184. The van der Waals surface area contributed by atoms with Gasteiger partial charge >= 0.3 is 0 Å². The largest absolute Gasteiger partial charge is 0.293 e. The van der Waals surface area contributed by atoms with Gasteiger partial charge in [-0.25, -0.2) is 8.78 Å². The Balaban J connectivity index is 2.08. The maximum Gasteiger partial charge on any atom is 0.181 e. The van der Waals surface area contributed by atoms with E-state index in [2.05, 4.69) is 0 Å². The molecule has 0 heterocycles. The van der Waals surface area contributed by atoms with Crippen LogP contribution in [0.3, 0.4) is 0 Å². The van der Waals surface area contributed by atoms with Crippen LogP contribution in [0.1, 0.15) is 21.5 Å². The first kappa shape index (κ1) is 15.5. The second kappa shape index (κ2) is 6.72. The van der Waals surface area contributed by atoms with E-state index in [0.29, 0.717) is 0 Å². The minimum Gasteiger partial charge on any atom is -0.293 e. The van der Waals surface area contributed by atoms with Crippen molar-refractivity contribution in [1.29, 1.82) is 0 Å². The maximum absolute atomic E-state index is 13.5. The first-order chi connectivity index (χ1) is 9.97. The van der Waals surface area contributed by atoms with Crippen LogP contribution in [0.4, 0.5) is 8.78 Å². The summed E-state index contributed by atoms with van der Waals surface area (Å²) in [5.74, 6) is -2.84. The molecule has 0 N–H and O–H groups in total. The fourth-order valence-electron chi connectivity index (χ4n) is 2.02. The molecule has 1 atom stereocenters. The number of Topliss-reactive ketones (excluding diaryl/α,β-unsaturated/α-hetero) is 1. The van der Waals surface area contributed by atoms with Gasteiger partial charge in [0.05, 0.1) is 11.3 Å². The average Bonchev–Trinajstić information content (AvgIpc) is 2.38. The molecular weight excluding hydrogens is 294 g/mol. The van der Waals surface area contributed by atoms with Gasteiger partial charge in [-0.3, -0.25) is 9.00 Å². The second-order valence-electron chi connectivity index (χ2n) is 4.74. The van der Waals surface area contributed by atoms with E-state index >= 15 is 0 Å². The molecule has 0 aliphatic rings. The number of aryl methyl sites for hydroxylation is 1. The second-order valence-corrected chi connectivity index (χ2v) is 6.19. The predicted octanol–water partition coefficient (Wildman–Crippen LogP) is 3.40. The summed E-state index contributed by atoms with van der Waals surface area (Å²) >= 11 is 0. The minimum atomic E-state index is -1.51. The monoisotopic (exact) mass is 308 g/mol. The molecule has 0 aliphatic carbocycles. The van der Waals surface area contributed by atoms with Gasteiger partial charge in [-0.2, -0.15) is 0 Å². The molecule has 0 aromatic heterocycles. The van der Waals surface area contributed by atoms with E-state index in [-0.39, 0.29) is 5.75 Å². The molecule has 2 aromatic carbocycles. The average molecular weight is 308 g/mol. The summed E-state index contributed by atoms with van der Waals surface area (Å²) in [6.45, 7) is 1.91. The third-order valence-electron chi connectivity index (χ3n) is 2.94. The van der Waals surface area contributed by atoms with Crippen LogP contribution < -0.4 is 0 Å². The van der Waals surface area contributed by atoms with E-state index < -0.39 is 39.5 Å². The molecule has 0 amide bonds. The Morgan fingerprint density at radius 1 is 1.10 bits per heavy atom. The zero-order chi connectivity index (χ0) is 15.4. The maximum atomic E-state index is 13.5. The Labute approximate surface area is 124 Å². The molecule has 2 aromatic rings. The summed E-state index contributed by atoms with van der Waals surface area (Å²) in [6.07, 6.45) is 0. The van der Waals surface area contributed by atoms with E-state index in [1.54, 1.807) is 6.07 Å². The molecule has 21 heavy (non-hydrogen) atoms. The van der Waals surface area contributed by atoms with Crippen molar-refractivity contribution in [2.24, 2.45) is 0 Å². The van der Waals surface area contributed by atoms with Crippen molar-refractivity contribution in [3.05, 3.63) is 70.8 Å². The highest BCUT2D eigenvalue weighted by atomic mass is 32.2. The van der Waals surface area contributed by atoms with Gasteiger partial charge in [0.2, 0.25) is 0 Å². The van der Waals surface area contributed by atoms with E-state index in [1.165, 1.54) is 6.07 Å². The predicted molar refractivity (Wildman–Crippen MR) is 78.6 cm³/mol. The van der Waals surface area contributed by atoms with Crippen LogP contribution in [-0.2, 0) is 16.6 Å². The molecule has 2 rings (SSSR count). The SMILES string of the molecule is Cc1cccc(CS(=O)CC(=O)c2c(F)cccc2F)c1. The summed E-state index contributed by atoms with van der Waals surface area (Å²) in [6, 6.07) is 10.6. The fourth-order valence-corrected chi connectivity index (χ4v) is 3.11. The van der Waals surface area contributed by atoms with Crippen molar-refractivity contribution in [2.75, 3.05) is 5.75 Å². The van der Waals surface area contributed by atoms with Crippen LogP contribution in [0.25, 0.3) is 0 Å². The zero-order valence-electron chi connectivity index (χ0n) is 11.4. The first-order valence-corrected chi connectivity index (χ1v) is 7.84. The van der Waals surface area contributed by atoms with Crippen molar-refractivity contribution in [3.8, 4) is 0 Å². The van der Waals surface area contributed by atoms with Crippen molar-refractivity contribution >= 4 is 16.6 Å².